The standard InChI is InChI=1S/C28H28N4O3S/c1-4-16-35-23-15-14-19-10-6-7-11-20(19)24(23)27-31(18(3)33)22-13-9-8-12-21(22)25-26(34)29-28(30-32(25)27)36-17-5-2/h6-15,27H,4-5,16-17H2,1-3H3. The van der Waals surface area contributed by atoms with Crippen molar-refractivity contribution in [3.8, 4) is 22.9 Å². The van der Waals surface area contributed by atoms with E-state index in [0.29, 0.717) is 34.5 Å². The van der Waals surface area contributed by atoms with Crippen molar-refractivity contribution < 1.29 is 19.3 Å². The van der Waals surface area contributed by atoms with Crippen LogP contribution in [0.2, 0.25) is 0 Å². The SMILES string of the molecule is CCCOc1ccc2ccccc2c1C1N(C(C)=O)c2ccccc2-c2c([O-])nc(SCCC)n[n+]21. The van der Waals surface area contributed by atoms with Gasteiger partial charge in [-0.3, -0.25) is 4.79 Å². The average molecular weight is 501 g/mol. The molecule has 1 aliphatic rings. The van der Waals surface area contributed by atoms with Crippen molar-refractivity contribution in [2.24, 2.45) is 0 Å². The zero-order valence-corrected chi connectivity index (χ0v) is 21.4. The van der Waals surface area contributed by atoms with Crippen molar-refractivity contribution in [2.45, 2.75) is 44.9 Å². The molecule has 1 unspecified atom stereocenters. The van der Waals surface area contributed by atoms with Crippen LogP contribution in [0.3, 0.4) is 0 Å². The number of rotatable bonds is 7. The summed E-state index contributed by atoms with van der Waals surface area (Å²) in [6, 6.07) is 19.4. The van der Waals surface area contributed by atoms with Gasteiger partial charge in [0.1, 0.15) is 5.75 Å². The van der Waals surface area contributed by atoms with Gasteiger partial charge in [-0.2, -0.15) is 0 Å². The maximum atomic E-state index is 13.5. The van der Waals surface area contributed by atoms with Crippen LogP contribution in [0.15, 0.2) is 65.8 Å². The molecule has 1 aromatic heterocycles. The number of aromatic nitrogens is 3. The Morgan fingerprint density at radius 2 is 1.86 bits per heavy atom. The number of benzene rings is 3. The molecule has 8 heteroatoms. The first kappa shape index (κ1) is 24.1. The number of amides is 1. The predicted molar refractivity (Wildman–Crippen MR) is 139 cm³/mol. The number of anilines is 1. The summed E-state index contributed by atoms with van der Waals surface area (Å²) in [5.74, 6) is 0.933. The van der Waals surface area contributed by atoms with Crippen LogP contribution in [0, 0.1) is 0 Å². The Labute approximate surface area is 214 Å². The first-order chi connectivity index (χ1) is 17.5. The smallest absolute Gasteiger partial charge is 0.297 e. The van der Waals surface area contributed by atoms with Crippen LogP contribution in [0.5, 0.6) is 11.6 Å². The van der Waals surface area contributed by atoms with Crippen LogP contribution < -0.4 is 19.4 Å². The fourth-order valence-electron chi connectivity index (χ4n) is 4.67. The average Bonchev–Trinajstić information content (AvgIpc) is 2.89. The largest absolute Gasteiger partial charge is 0.854 e. The van der Waals surface area contributed by atoms with E-state index in [0.717, 1.165) is 34.9 Å². The van der Waals surface area contributed by atoms with Gasteiger partial charge in [-0.1, -0.05) is 72.8 Å². The maximum Gasteiger partial charge on any atom is 0.297 e. The highest BCUT2D eigenvalue weighted by molar-refractivity contribution is 7.99. The fourth-order valence-corrected chi connectivity index (χ4v) is 5.35. The Hall–Kier alpha value is -3.65. The molecule has 184 valence electrons. The number of carbonyl (C=O) groups is 1. The lowest BCUT2D eigenvalue weighted by atomic mass is 9.96. The van der Waals surface area contributed by atoms with E-state index in [1.54, 1.807) is 16.5 Å². The Kier molecular flexibility index (Phi) is 6.78. The molecule has 0 N–H and O–H groups in total. The molecule has 5 rings (SSSR count). The number of nitrogens with zero attached hydrogens (tertiary/aromatic N) is 4. The van der Waals surface area contributed by atoms with Gasteiger partial charge in [-0.15, -0.1) is 0 Å². The van der Waals surface area contributed by atoms with Gasteiger partial charge in [0.15, 0.2) is 0 Å². The van der Waals surface area contributed by atoms with Crippen molar-refractivity contribution in [3.05, 3.63) is 66.2 Å². The van der Waals surface area contributed by atoms with Gasteiger partial charge in [0.2, 0.25) is 5.91 Å². The Balaban J connectivity index is 1.87. The van der Waals surface area contributed by atoms with Crippen LogP contribution in [0.4, 0.5) is 5.69 Å². The molecule has 4 aromatic rings. The minimum atomic E-state index is -0.720. The van der Waals surface area contributed by atoms with E-state index in [2.05, 4.69) is 18.8 Å². The van der Waals surface area contributed by atoms with E-state index >= 15 is 0 Å². The number of carbonyl (C=O) groups excluding carboxylic acids is 1. The molecule has 0 aliphatic carbocycles. The second-order valence-corrected chi connectivity index (χ2v) is 9.73. The summed E-state index contributed by atoms with van der Waals surface area (Å²) >= 11 is 1.44. The minimum absolute atomic E-state index is 0.159. The molecule has 7 nitrogen and oxygen atoms in total. The van der Waals surface area contributed by atoms with Crippen LogP contribution in [0.25, 0.3) is 22.0 Å². The fraction of sp³-hybridized carbons (Fsp3) is 0.286. The lowest BCUT2D eigenvalue weighted by Crippen LogP contribution is -2.59. The van der Waals surface area contributed by atoms with Crippen LogP contribution >= 0.6 is 11.8 Å². The number of ether oxygens (including phenoxy) is 1. The van der Waals surface area contributed by atoms with Gasteiger partial charge in [0, 0.05) is 17.8 Å². The van der Waals surface area contributed by atoms with Gasteiger partial charge in [-0.25, -0.2) is 9.88 Å². The molecule has 1 amide bonds. The number of hydrogen-bond acceptors (Lipinski definition) is 6. The van der Waals surface area contributed by atoms with Crippen LogP contribution in [-0.4, -0.2) is 28.3 Å². The summed E-state index contributed by atoms with van der Waals surface area (Å²) in [5.41, 5.74) is 2.45. The van der Waals surface area contributed by atoms with E-state index in [-0.39, 0.29) is 11.8 Å². The normalized spacial score (nSPS) is 14.4. The molecule has 3 aromatic carbocycles. The van der Waals surface area contributed by atoms with E-state index in [1.165, 1.54) is 11.8 Å². The topological polar surface area (TPSA) is 82.3 Å². The summed E-state index contributed by atoms with van der Waals surface area (Å²) in [5, 5.41) is 20.7. The summed E-state index contributed by atoms with van der Waals surface area (Å²) < 4.78 is 7.90. The van der Waals surface area contributed by atoms with E-state index in [1.807, 2.05) is 60.7 Å². The molecule has 0 saturated heterocycles. The van der Waals surface area contributed by atoms with Crippen molar-refractivity contribution in [3.63, 3.8) is 0 Å². The van der Waals surface area contributed by atoms with Gasteiger partial charge >= 0.3 is 0 Å². The zero-order valence-electron chi connectivity index (χ0n) is 20.6. The monoisotopic (exact) mass is 500 g/mol. The van der Waals surface area contributed by atoms with Crippen molar-refractivity contribution in [2.75, 3.05) is 17.3 Å². The predicted octanol–water partition coefficient (Wildman–Crippen LogP) is 4.86. The molecule has 0 radical (unpaired) electrons. The zero-order chi connectivity index (χ0) is 25.2. The lowest BCUT2D eigenvalue weighted by Gasteiger charge is -2.34. The summed E-state index contributed by atoms with van der Waals surface area (Å²) in [4.78, 5) is 19.3. The van der Waals surface area contributed by atoms with Crippen LogP contribution in [0.1, 0.15) is 45.3 Å². The third-order valence-corrected chi connectivity index (χ3v) is 7.19. The van der Waals surface area contributed by atoms with Crippen molar-refractivity contribution in [1.82, 2.24) is 10.1 Å². The highest BCUT2D eigenvalue weighted by atomic mass is 32.2. The first-order valence-electron chi connectivity index (χ1n) is 12.2. The van der Waals surface area contributed by atoms with Crippen molar-refractivity contribution in [1.29, 1.82) is 0 Å². The third kappa shape index (κ3) is 4.15. The van der Waals surface area contributed by atoms with Gasteiger partial charge < -0.3 is 9.84 Å². The highest BCUT2D eigenvalue weighted by Crippen LogP contribution is 2.44. The second kappa shape index (κ2) is 10.1. The lowest BCUT2D eigenvalue weighted by molar-refractivity contribution is -0.764. The van der Waals surface area contributed by atoms with Gasteiger partial charge in [0.05, 0.1) is 29.3 Å². The molecule has 0 spiro atoms. The van der Waals surface area contributed by atoms with Crippen LogP contribution in [-0.2, 0) is 4.79 Å². The first-order valence-corrected chi connectivity index (χ1v) is 13.2. The van der Waals surface area contributed by atoms with E-state index < -0.39 is 6.17 Å². The van der Waals surface area contributed by atoms with Gasteiger partial charge in [-0.05, 0) is 41.8 Å². The summed E-state index contributed by atoms with van der Waals surface area (Å²) in [6.45, 7) is 6.19. The second-order valence-electron chi connectivity index (χ2n) is 8.67. The number of fused-ring (bicyclic) bond motifs is 4. The number of hydrogen-bond donors (Lipinski definition) is 0. The molecule has 0 fully saturated rings. The molecule has 2 heterocycles. The molecule has 1 atom stereocenters. The Morgan fingerprint density at radius 1 is 1.08 bits per heavy atom. The molecule has 0 saturated carbocycles. The molecule has 1 aliphatic heterocycles. The molecular formula is C28H28N4O3S. The van der Waals surface area contributed by atoms with E-state index in [9.17, 15) is 9.90 Å². The molecular weight excluding hydrogens is 472 g/mol. The summed E-state index contributed by atoms with van der Waals surface area (Å²) in [6.07, 6.45) is 1.04. The molecule has 36 heavy (non-hydrogen) atoms. The Morgan fingerprint density at radius 3 is 2.64 bits per heavy atom. The maximum absolute atomic E-state index is 13.5. The number of thioether (sulfide) groups is 1. The van der Waals surface area contributed by atoms with E-state index in [4.69, 9.17) is 9.84 Å². The number of para-hydroxylation sites is 1. The summed E-state index contributed by atoms with van der Waals surface area (Å²) in [7, 11) is 0. The third-order valence-electron chi connectivity index (χ3n) is 6.14. The Bertz CT molecular complexity index is 1440. The quantitative estimate of drug-likeness (QED) is 0.266. The van der Waals surface area contributed by atoms with Gasteiger partial charge in [0.25, 0.3) is 17.0 Å². The van der Waals surface area contributed by atoms with Crippen molar-refractivity contribution >= 4 is 34.1 Å². The highest BCUT2D eigenvalue weighted by Gasteiger charge is 2.46. The minimum Gasteiger partial charge on any atom is -0.854 e. The molecule has 0 bridgehead atoms.